The van der Waals surface area contributed by atoms with E-state index in [1.807, 2.05) is 6.92 Å². The lowest BCUT2D eigenvalue weighted by molar-refractivity contribution is -0.146. The van der Waals surface area contributed by atoms with Crippen molar-refractivity contribution in [2.75, 3.05) is 0 Å². The maximum Gasteiger partial charge on any atom is 0.306 e. The third-order valence-electron chi connectivity index (χ3n) is 7.43. The molecule has 4 aliphatic carbocycles. The molecular weight excluding hydrogens is 264 g/mol. The van der Waals surface area contributed by atoms with Crippen LogP contribution in [-0.2, 0) is 9.59 Å². The van der Waals surface area contributed by atoms with Gasteiger partial charge in [-0.3, -0.25) is 9.59 Å². The lowest BCUT2D eigenvalue weighted by Gasteiger charge is -2.45. The third-order valence-corrected chi connectivity index (χ3v) is 7.43. The number of carbonyl (C=O) groups is 2. The molecule has 3 nitrogen and oxygen atoms in total. The summed E-state index contributed by atoms with van der Waals surface area (Å²) in [6.45, 7) is 7.80. The molecule has 0 amide bonds. The van der Waals surface area contributed by atoms with Crippen LogP contribution in [0.2, 0.25) is 0 Å². The van der Waals surface area contributed by atoms with Crippen LogP contribution in [0.3, 0.4) is 0 Å². The predicted molar refractivity (Wildman–Crippen MR) is 78.5 cm³/mol. The lowest BCUT2D eigenvalue weighted by Crippen LogP contribution is -2.45. The zero-order valence-corrected chi connectivity index (χ0v) is 12.8. The lowest BCUT2D eigenvalue weighted by atomic mass is 9.58. The van der Waals surface area contributed by atoms with Crippen molar-refractivity contribution in [3.63, 3.8) is 0 Å². The van der Waals surface area contributed by atoms with Gasteiger partial charge in [0.1, 0.15) is 0 Å². The van der Waals surface area contributed by atoms with E-state index < -0.39 is 5.97 Å². The van der Waals surface area contributed by atoms with E-state index in [1.54, 1.807) is 0 Å². The second-order valence-electron chi connectivity index (χ2n) is 8.33. The number of carboxylic acids is 1. The molecule has 21 heavy (non-hydrogen) atoms. The summed E-state index contributed by atoms with van der Waals surface area (Å²) < 4.78 is 0. The molecule has 0 radical (unpaired) electrons. The van der Waals surface area contributed by atoms with Crippen molar-refractivity contribution in [1.29, 1.82) is 0 Å². The predicted octanol–water partition coefficient (Wildman–Crippen LogP) is 3.15. The number of carbonyl (C=O) groups excluding carboxylic acids is 1. The Balaban J connectivity index is 1.67. The number of Topliss-reactive ketones (excluding diaryl/α,β-unsaturated/α-hetero) is 1. The van der Waals surface area contributed by atoms with Crippen molar-refractivity contribution in [2.24, 2.45) is 46.8 Å². The number of hydrogen-bond acceptors (Lipinski definition) is 2. The molecule has 3 heteroatoms. The molecule has 0 aromatic carbocycles. The molecule has 8 atom stereocenters. The Hall–Kier alpha value is -1.12. The van der Waals surface area contributed by atoms with Crippen LogP contribution in [0.15, 0.2) is 12.2 Å². The highest BCUT2D eigenvalue weighted by atomic mass is 16.4. The second-order valence-corrected chi connectivity index (χ2v) is 8.33. The van der Waals surface area contributed by atoms with Gasteiger partial charge < -0.3 is 5.11 Å². The Labute approximate surface area is 125 Å². The largest absolute Gasteiger partial charge is 0.481 e. The van der Waals surface area contributed by atoms with Crippen LogP contribution < -0.4 is 0 Å². The molecule has 0 spiro atoms. The average molecular weight is 288 g/mol. The summed E-state index contributed by atoms with van der Waals surface area (Å²) in [6, 6.07) is 0. The quantitative estimate of drug-likeness (QED) is 0.641. The van der Waals surface area contributed by atoms with Crippen molar-refractivity contribution in [3.8, 4) is 0 Å². The number of ketones is 1. The molecule has 4 rings (SSSR count). The summed E-state index contributed by atoms with van der Waals surface area (Å²) in [4.78, 5) is 24.2. The Morgan fingerprint density at radius 1 is 1.14 bits per heavy atom. The normalized spacial score (nSPS) is 53.0. The molecule has 8 unspecified atom stereocenters. The van der Waals surface area contributed by atoms with Crippen molar-refractivity contribution < 1.29 is 14.7 Å². The number of aliphatic carboxylic acids is 1. The van der Waals surface area contributed by atoms with Crippen LogP contribution in [-0.4, -0.2) is 16.9 Å². The number of carboxylic acid groups (broad SMARTS) is 1. The van der Waals surface area contributed by atoms with Crippen LogP contribution in [0.1, 0.15) is 39.5 Å². The fourth-order valence-corrected chi connectivity index (χ4v) is 6.99. The topological polar surface area (TPSA) is 54.4 Å². The van der Waals surface area contributed by atoms with E-state index in [1.165, 1.54) is 0 Å². The molecule has 1 N–H and O–H groups in total. The van der Waals surface area contributed by atoms with Gasteiger partial charge in [0.05, 0.1) is 5.92 Å². The van der Waals surface area contributed by atoms with E-state index in [4.69, 9.17) is 0 Å². The minimum Gasteiger partial charge on any atom is -0.481 e. The van der Waals surface area contributed by atoms with Gasteiger partial charge in [-0.25, -0.2) is 0 Å². The van der Waals surface area contributed by atoms with Crippen LogP contribution in [0.25, 0.3) is 0 Å². The molecular formula is C18H24O3. The third kappa shape index (κ3) is 1.50. The summed E-state index contributed by atoms with van der Waals surface area (Å²) >= 11 is 0. The molecule has 0 aromatic rings. The number of fused-ring (bicyclic) bond motifs is 9. The zero-order valence-electron chi connectivity index (χ0n) is 12.8. The maximum absolute atomic E-state index is 12.7. The first-order valence-electron chi connectivity index (χ1n) is 8.27. The summed E-state index contributed by atoms with van der Waals surface area (Å²) in [6.07, 6.45) is 4.13. The van der Waals surface area contributed by atoms with Crippen molar-refractivity contribution in [2.45, 2.75) is 39.5 Å². The Morgan fingerprint density at radius 2 is 1.86 bits per heavy atom. The number of hydrogen-bond donors (Lipinski definition) is 1. The van der Waals surface area contributed by atoms with E-state index in [0.29, 0.717) is 41.1 Å². The molecule has 0 aromatic heterocycles. The van der Waals surface area contributed by atoms with E-state index >= 15 is 0 Å². The highest BCUT2D eigenvalue weighted by Gasteiger charge is 2.69. The van der Waals surface area contributed by atoms with Gasteiger partial charge in [-0.05, 0) is 73.7 Å². The second kappa shape index (κ2) is 3.99. The first-order chi connectivity index (χ1) is 9.84. The van der Waals surface area contributed by atoms with Crippen LogP contribution in [0.4, 0.5) is 0 Å². The summed E-state index contributed by atoms with van der Waals surface area (Å²) in [5.74, 6) is 2.63. The molecule has 4 aliphatic rings. The molecule has 0 saturated heterocycles. The van der Waals surface area contributed by atoms with Gasteiger partial charge in [-0.15, -0.1) is 0 Å². The van der Waals surface area contributed by atoms with Crippen molar-refractivity contribution in [1.82, 2.24) is 0 Å². The maximum atomic E-state index is 12.7. The smallest absolute Gasteiger partial charge is 0.306 e. The monoisotopic (exact) mass is 288 g/mol. The minimum atomic E-state index is -0.614. The first kappa shape index (κ1) is 13.5. The van der Waals surface area contributed by atoms with Gasteiger partial charge in [-0.1, -0.05) is 13.5 Å². The van der Waals surface area contributed by atoms with Crippen LogP contribution in [0, 0.1) is 46.8 Å². The number of allylic oxidation sites excluding steroid dienone is 1. The minimum absolute atomic E-state index is 0.153. The fourth-order valence-electron chi connectivity index (χ4n) is 6.99. The van der Waals surface area contributed by atoms with E-state index in [9.17, 15) is 14.7 Å². The van der Waals surface area contributed by atoms with Crippen molar-refractivity contribution in [3.05, 3.63) is 12.2 Å². The zero-order chi connectivity index (χ0) is 15.1. The first-order valence-corrected chi connectivity index (χ1v) is 8.27. The summed E-state index contributed by atoms with van der Waals surface area (Å²) in [5, 5.41) is 9.47. The van der Waals surface area contributed by atoms with Gasteiger partial charge >= 0.3 is 5.97 Å². The van der Waals surface area contributed by atoms with Crippen LogP contribution in [0.5, 0.6) is 0 Å². The van der Waals surface area contributed by atoms with E-state index in [-0.39, 0.29) is 17.1 Å². The van der Waals surface area contributed by atoms with Gasteiger partial charge in [0, 0.05) is 5.41 Å². The Morgan fingerprint density at radius 3 is 2.48 bits per heavy atom. The molecule has 114 valence electrons. The molecule has 4 saturated carbocycles. The van der Waals surface area contributed by atoms with E-state index in [2.05, 4.69) is 13.5 Å². The van der Waals surface area contributed by atoms with Crippen molar-refractivity contribution >= 4 is 11.8 Å². The highest BCUT2D eigenvalue weighted by Crippen LogP contribution is 2.73. The molecule has 0 aliphatic heterocycles. The highest BCUT2D eigenvalue weighted by molar-refractivity contribution is 5.99. The summed E-state index contributed by atoms with van der Waals surface area (Å²) in [7, 11) is 0. The SMILES string of the molecule is C=C(C)C(=O)C1(C)CC2CC1C1C3CC(CC3C(=O)O)C21. The summed E-state index contributed by atoms with van der Waals surface area (Å²) in [5.41, 5.74) is 0.394. The molecule has 4 fully saturated rings. The van der Waals surface area contributed by atoms with Gasteiger partial charge in [0.2, 0.25) is 0 Å². The number of rotatable bonds is 3. The Kier molecular flexibility index (Phi) is 2.57. The van der Waals surface area contributed by atoms with Gasteiger partial charge in [-0.2, -0.15) is 0 Å². The van der Waals surface area contributed by atoms with Crippen LogP contribution >= 0.6 is 0 Å². The van der Waals surface area contributed by atoms with Gasteiger partial charge in [0.25, 0.3) is 0 Å². The standard InChI is InChI=1S/C18H24O3/c1-8(2)16(19)18(3)7-10-6-13(18)15-11-4-9(14(10)15)5-12(11)17(20)21/h9-15H,1,4-7H2,2-3H3,(H,20,21). The fraction of sp³-hybridized carbons (Fsp3) is 0.778. The average Bonchev–Trinajstić information content (AvgIpc) is 3.12. The molecule has 4 bridgehead atoms. The Bertz CT molecular complexity index is 551. The molecule has 0 heterocycles. The van der Waals surface area contributed by atoms with E-state index in [0.717, 1.165) is 25.7 Å². The van der Waals surface area contributed by atoms with Gasteiger partial charge in [0.15, 0.2) is 5.78 Å².